The molecule has 0 heterocycles. The number of carbonyl (C=O) groups is 2. The van der Waals surface area contributed by atoms with Crippen LogP contribution in [0.5, 0.6) is 5.75 Å². The SMILES string of the molecule is CC.CC.CNCCC(=O)Oc1c(C)ccc(C)c1C(C)(C)CC(C)=O. The maximum atomic E-state index is 12.0. The van der Waals surface area contributed by atoms with Crippen LogP contribution in [0.3, 0.4) is 0 Å². The summed E-state index contributed by atoms with van der Waals surface area (Å²) in [7, 11) is 1.80. The Balaban J connectivity index is 0. The highest BCUT2D eigenvalue weighted by atomic mass is 16.5. The molecule has 0 aliphatic rings. The smallest absolute Gasteiger partial charge is 0.312 e. The van der Waals surface area contributed by atoms with Gasteiger partial charge in [0.1, 0.15) is 11.5 Å². The number of carbonyl (C=O) groups excluding carboxylic acids is 2. The van der Waals surface area contributed by atoms with E-state index in [2.05, 4.69) is 5.32 Å². The third kappa shape index (κ3) is 8.61. The second-order valence-electron chi connectivity index (χ2n) is 6.49. The number of nitrogens with one attached hydrogen (secondary N) is 1. The summed E-state index contributed by atoms with van der Waals surface area (Å²) in [6, 6.07) is 3.96. The summed E-state index contributed by atoms with van der Waals surface area (Å²) in [5.74, 6) is 0.466. The average molecular weight is 366 g/mol. The number of rotatable bonds is 7. The normalized spacial score (nSPS) is 10.1. The number of hydrogen-bond donors (Lipinski definition) is 1. The fraction of sp³-hybridized carbons (Fsp3) is 0.636. The molecule has 0 amide bonds. The van der Waals surface area contributed by atoms with E-state index in [1.165, 1.54) is 0 Å². The number of aryl methyl sites for hydroxylation is 2. The van der Waals surface area contributed by atoms with Crippen molar-refractivity contribution in [2.75, 3.05) is 13.6 Å². The first-order valence-electron chi connectivity index (χ1n) is 9.64. The molecule has 26 heavy (non-hydrogen) atoms. The van der Waals surface area contributed by atoms with Gasteiger partial charge in [-0.1, -0.05) is 53.7 Å². The number of hydrogen-bond acceptors (Lipinski definition) is 4. The Morgan fingerprint density at radius 1 is 1.04 bits per heavy atom. The third-order valence-electron chi connectivity index (χ3n) is 3.73. The van der Waals surface area contributed by atoms with Crippen molar-refractivity contribution in [2.24, 2.45) is 0 Å². The van der Waals surface area contributed by atoms with E-state index in [-0.39, 0.29) is 17.2 Å². The summed E-state index contributed by atoms with van der Waals surface area (Å²) >= 11 is 0. The van der Waals surface area contributed by atoms with E-state index >= 15 is 0 Å². The maximum absolute atomic E-state index is 12.0. The lowest BCUT2D eigenvalue weighted by Gasteiger charge is -2.29. The predicted molar refractivity (Wildman–Crippen MR) is 111 cm³/mol. The maximum Gasteiger partial charge on any atom is 0.312 e. The minimum absolute atomic E-state index is 0.123. The van der Waals surface area contributed by atoms with Crippen LogP contribution in [0.25, 0.3) is 0 Å². The Morgan fingerprint density at radius 3 is 2.00 bits per heavy atom. The van der Waals surface area contributed by atoms with Gasteiger partial charge in [0.25, 0.3) is 0 Å². The van der Waals surface area contributed by atoms with Crippen molar-refractivity contribution < 1.29 is 14.3 Å². The van der Waals surface area contributed by atoms with Crippen LogP contribution in [0.15, 0.2) is 12.1 Å². The van der Waals surface area contributed by atoms with Gasteiger partial charge >= 0.3 is 5.97 Å². The zero-order valence-electron chi connectivity index (χ0n) is 18.5. The fourth-order valence-corrected chi connectivity index (χ4v) is 2.86. The molecule has 0 aromatic heterocycles. The summed E-state index contributed by atoms with van der Waals surface area (Å²) in [5.41, 5.74) is 2.52. The van der Waals surface area contributed by atoms with Crippen LogP contribution in [0.4, 0.5) is 0 Å². The van der Waals surface area contributed by atoms with E-state index < -0.39 is 0 Å². The summed E-state index contributed by atoms with van der Waals surface area (Å²) in [6.45, 7) is 18.1. The minimum Gasteiger partial charge on any atom is -0.426 e. The van der Waals surface area contributed by atoms with E-state index in [9.17, 15) is 9.59 Å². The predicted octanol–water partition coefficient (Wildman–Crippen LogP) is 5.13. The van der Waals surface area contributed by atoms with Crippen LogP contribution in [0.2, 0.25) is 0 Å². The molecule has 0 atom stereocenters. The molecule has 0 radical (unpaired) electrons. The zero-order valence-corrected chi connectivity index (χ0v) is 18.5. The van der Waals surface area contributed by atoms with Gasteiger partial charge in [0.15, 0.2) is 0 Å². The highest BCUT2D eigenvalue weighted by Gasteiger charge is 2.29. The number of Topliss-reactive ketones (excluding diaryl/α,β-unsaturated/α-hetero) is 1. The quantitative estimate of drug-likeness (QED) is 0.538. The molecule has 0 fully saturated rings. The summed E-state index contributed by atoms with van der Waals surface area (Å²) in [5, 5.41) is 2.94. The van der Waals surface area contributed by atoms with Crippen molar-refractivity contribution in [1.82, 2.24) is 5.32 Å². The van der Waals surface area contributed by atoms with Crippen molar-refractivity contribution in [3.8, 4) is 5.75 Å². The summed E-state index contributed by atoms with van der Waals surface area (Å²) in [4.78, 5) is 23.6. The molecule has 0 bridgehead atoms. The third-order valence-corrected chi connectivity index (χ3v) is 3.73. The molecule has 1 N–H and O–H groups in total. The fourth-order valence-electron chi connectivity index (χ4n) is 2.86. The number of esters is 1. The number of ketones is 1. The average Bonchev–Trinajstić information content (AvgIpc) is 2.58. The van der Waals surface area contributed by atoms with E-state index in [4.69, 9.17) is 4.74 Å². The van der Waals surface area contributed by atoms with Gasteiger partial charge in [-0.2, -0.15) is 0 Å². The van der Waals surface area contributed by atoms with Gasteiger partial charge in [-0.05, 0) is 38.9 Å². The van der Waals surface area contributed by atoms with Gasteiger partial charge in [-0.15, -0.1) is 0 Å². The molecule has 150 valence electrons. The molecule has 0 saturated heterocycles. The van der Waals surface area contributed by atoms with Gasteiger partial charge in [-0.3, -0.25) is 9.59 Å². The highest BCUT2D eigenvalue weighted by molar-refractivity contribution is 5.78. The molecule has 4 nitrogen and oxygen atoms in total. The number of benzene rings is 1. The monoisotopic (exact) mass is 365 g/mol. The topological polar surface area (TPSA) is 55.4 Å². The van der Waals surface area contributed by atoms with Gasteiger partial charge in [0.2, 0.25) is 0 Å². The van der Waals surface area contributed by atoms with Crippen LogP contribution in [-0.2, 0) is 15.0 Å². The van der Waals surface area contributed by atoms with Gasteiger partial charge in [0.05, 0.1) is 6.42 Å². The van der Waals surface area contributed by atoms with Crippen LogP contribution >= 0.6 is 0 Å². The van der Waals surface area contributed by atoms with E-state index in [0.717, 1.165) is 16.7 Å². The van der Waals surface area contributed by atoms with E-state index in [0.29, 0.717) is 25.1 Å². The Labute approximate surface area is 160 Å². The molecule has 1 aromatic carbocycles. The van der Waals surface area contributed by atoms with Crippen LogP contribution in [0, 0.1) is 13.8 Å². The zero-order chi connectivity index (χ0) is 20.9. The lowest BCUT2D eigenvalue weighted by atomic mass is 9.77. The molecule has 0 aliphatic heterocycles. The first-order valence-corrected chi connectivity index (χ1v) is 9.64. The lowest BCUT2D eigenvalue weighted by molar-refractivity contribution is -0.134. The Morgan fingerprint density at radius 2 is 1.54 bits per heavy atom. The Bertz CT molecular complexity index is 563. The molecule has 1 rings (SSSR count). The second kappa shape index (κ2) is 13.5. The van der Waals surface area contributed by atoms with Crippen LogP contribution in [-0.4, -0.2) is 25.3 Å². The standard InChI is InChI=1S/C18H27NO3.2C2H6/c1-12-7-8-13(2)17(22-15(21)9-10-19-6)16(12)18(4,5)11-14(3)20;2*1-2/h7-8,19H,9-11H2,1-6H3;2*1-2H3. The summed E-state index contributed by atoms with van der Waals surface area (Å²) < 4.78 is 5.64. The van der Waals surface area contributed by atoms with Crippen molar-refractivity contribution >= 4 is 11.8 Å². The van der Waals surface area contributed by atoms with Gasteiger partial charge in [0, 0.05) is 23.9 Å². The summed E-state index contributed by atoms with van der Waals surface area (Å²) in [6.07, 6.45) is 0.731. The van der Waals surface area contributed by atoms with Crippen molar-refractivity contribution in [3.63, 3.8) is 0 Å². The van der Waals surface area contributed by atoms with Crippen molar-refractivity contribution in [3.05, 3.63) is 28.8 Å². The molecule has 0 saturated carbocycles. The molecular formula is C22H39NO3. The molecule has 1 aromatic rings. The van der Waals surface area contributed by atoms with Gasteiger partial charge in [-0.25, -0.2) is 0 Å². The van der Waals surface area contributed by atoms with Crippen LogP contribution in [0.1, 0.15) is 78.0 Å². The highest BCUT2D eigenvalue weighted by Crippen LogP contribution is 2.39. The van der Waals surface area contributed by atoms with Crippen molar-refractivity contribution in [2.45, 2.75) is 80.6 Å². The largest absolute Gasteiger partial charge is 0.426 e. The molecule has 0 unspecified atom stereocenters. The lowest BCUT2D eigenvalue weighted by Crippen LogP contribution is -2.25. The first kappa shape index (κ1) is 26.5. The Kier molecular flexibility index (Phi) is 13.8. The Hall–Kier alpha value is -1.68. The minimum atomic E-state index is -0.374. The molecule has 4 heteroatoms. The first-order chi connectivity index (χ1) is 12.2. The van der Waals surface area contributed by atoms with Crippen LogP contribution < -0.4 is 10.1 Å². The van der Waals surface area contributed by atoms with Gasteiger partial charge < -0.3 is 10.1 Å². The molecule has 0 aliphatic carbocycles. The second-order valence-corrected chi connectivity index (χ2v) is 6.49. The van der Waals surface area contributed by atoms with E-state index in [1.807, 2.05) is 67.5 Å². The van der Waals surface area contributed by atoms with E-state index in [1.54, 1.807) is 14.0 Å². The molecular weight excluding hydrogens is 326 g/mol. The molecule has 0 spiro atoms. The number of ether oxygens (including phenoxy) is 1. The van der Waals surface area contributed by atoms with Crippen molar-refractivity contribution in [1.29, 1.82) is 0 Å².